The van der Waals surface area contributed by atoms with E-state index in [4.69, 9.17) is 9.05 Å². The third kappa shape index (κ3) is 37.3. The van der Waals surface area contributed by atoms with E-state index in [1.807, 2.05) is 21.1 Å². The minimum atomic E-state index is -4.56. The first-order valence-corrected chi connectivity index (χ1v) is 23.1. The minimum absolute atomic E-state index is 0.0108. The number of phosphoric acid groups is 1. The van der Waals surface area contributed by atoms with E-state index in [0.717, 1.165) is 51.4 Å². The van der Waals surface area contributed by atoms with Gasteiger partial charge in [0.15, 0.2) is 0 Å². The largest absolute Gasteiger partial charge is 0.756 e. The van der Waals surface area contributed by atoms with Crippen molar-refractivity contribution in [2.45, 2.75) is 206 Å². The van der Waals surface area contributed by atoms with Crippen LogP contribution in [0.1, 0.15) is 194 Å². The van der Waals surface area contributed by atoms with E-state index in [0.29, 0.717) is 23.9 Å². The van der Waals surface area contributed by atoms with Crippen LogP contribution in [-0.2, 0) is 18.4 Å². The summed E-state index contributed by atoms with van der Waals surface area (Å²) in [7, 11) is 1.30. The van der Waals surface area contributed by atoms with Gasteiger partial charge in [-0.3, -0.25) is 9.36 Å². The number of aliphatic hydroxyl groups is 1. The molecular weight excluding hydrogens is 671 g/mol. The van der Waals surface area contributed by atoms with Crippen molar-refractivity contribution in [1.82, 2.24) is 5.32 Å². The molecule has 0 radical (unpaired) electrons. The number of carbonyl (C=O) groups is 1. The molecule has 0 aromatic heterocycles. The number of carbonyl (C=O) groups excluding carboxylic acids is 1. The predicted octanol–water partition coefficient (Wildman–Crippen LogP) is 11.1. The number of unbranched alkanes of at least 4 members (excludes halogenated alkanes) is 22. The van der Waals surface area contributed by atoms with Crippen LogP contribution in [0.15, 0.2) is 24.3 Å². The third-order valence-corrected chi connectivity index (χ3v) is 10.7. The molecule has 0 saturated carbocycles. The van der Waals surface area contributed by atoms with E-state index in [9.17, 15) is 19.4 Å². The molecule has 0 aliphatic rings. The van der Waals surface area contributed by atoms with Crippen molar-refractivity contribution >= 4 is 13.7 Å². The first-order valence-electron chi connectivity index (χ1n) is 21.7. The molecule has 3 unspecified atom stereocenters. The second kappa shape index (κ2) is 35.7. The number of allylic oxidation sites excluding steroid dienone is 4. The molecule has 8 nitrogen and oxygen atoms in total. The summed E-state index contributed by atoms with van der Waals surface area (Å²) in [6.45, 7) is 4.68. The summed E-state index contributed by atoms with van der Waals surface area (Å²) in [5.41, 5.74) is 0. The fourth-order valence-electron chi connectivity index (χ4n) is 6.19. The van der Waals surface area contributed by atoms with Crippen LogP contribution < -0.4 is 10.2 Å². The lowest BCUT2D eigenvalue weighted by Gasteiger charge is -2.30. The first kappa shape index (κ1) is 51.0. The maximum atomic E-state index is 12.8. The zero-order valence-electron chi connectivity index (χ0n) is 34.8. The summed E-state index contributed by atoms with van der Waals surface area (Å²) in [6.07, 6.45) is 40.3. The molecule has 0 aromatic rings. The number of nitrogens with one attached hydrogen (secondary N) is 1. The molecule has 3 atom stereocenters. The first-order chi connectivity index (χ1) is 25.0. The lowest BCUT2D eigenvalue weighted by molar-refractivity contribution is -0.870. The summed E-state index contributed by atoms with van der Waals surface area (Å²) in [4.78, 5) is 25.3. The molecule has 2 N–H and O–H groups in total. The quantitative estimate of drug-likeness (QED) is 0.0280. The molecule has 0 aromatic carbocycles. The van der Waals surface area contributed by atoms with E-state index >= 15 is 0 Å². The molecule has 52 heavy (non-hydrogen) atoms. The van der Waals surface area contributed by atoms with Crippen molar-refractivity contribution in [2.75, 3.05) is 40.9 Å². The fourth-order valence-corrected chi connectivity index (χ4v) is 6.91. The van der Waals surface area contributed by atoms with E-state index < -0.39 is 20.0 Å². The van der Waals surface area contributed by atoms with Crippen molar-refractivity contribution in [2.24, 2.45) is 0 Å². The Morgan fingerprint density at radius 1 is 0.673 bits per heavy atom. The monoisotopic (exact) mass is 757 g/mol. The van der Waals surface area contributed by atoms with Gasteiger partial charge in [-0.2, -0.15) is 0 Å². The summed E-state index contributed by atoms with van der Waals surface area (Å²) in [5, 5.41) is 13.9. The average molecular weight is 757 g/mol. The fraction of sp³-hybridized carbons (Fsp3) is 0.884. The molecule has 1 amide bonds. The maximum absolute atomic E-state index is 12.8. The predicted molar refractivity (Wildman–Crippen MR) is 219 cm³/mol. The Balaban J connectivity index is 4.37. The molecule has 0 rings (SSSR count). The van der Waals surface area contributed by atoms with Gasteiger partial charge >= 0.3 is 0 Å². The van der Waals surface area contributed by atoms with Crippen molar-refractivity contribution < 1.29 is 32.9 Å². The van der Waals surface area contributed by atoms with Crippen molar-refractivity contribution in [3.63, 3.8) is 0 Å². The topological polar surface area (TPSA) is 108 Å². The Hall–Kier alpha value is -1.02. The van der Waals surface area contributed by atoms with Crippen molar-refractivity contribution in [3.8, 4) is 0 Å². The number of quaternary nitrogens is 1. The Labute approximate surface area is 322 Å². The van der Waals surface area contributed by atoms with Crippen LogP contribution in [0.5, 0.6) is 0 Å². The normalized spacial score (nSPS) is 14.7. The summed E-state index contributed by atoms with van der Waals surface area (Å²) >= 11 is 0. The van der Waals surface area contributed by atoms with Gasteiger partial charge in [0.05, 0.1) is 39.9 Å². The average Bonchev–Trinajstić information content (AvgIpc) is 3.09. The maximum Gasteiger partial charge on any atom is 0.268 e. The molecule has 0 bridgehead atoms. The van der Waals surface area contributed by atoms with Gasteiger partial charge in [-0.05, 0) is 44.9 Å². The highest BCUT2D eigenvalue weighted by atomic mass is 31.2. The Morgan fingerprint density at radius 3 is 1.62 bits per heavy atom. The second-order valence-electron chi connectivity index (χ2n) is 16.1. The summed E-state index contributed by atoms with van der Waals surface area (Å²) in [5.74, 6) is -0.174. The lowest BCUT2D eigenvalue weighted by atomic mass is 10.0. The van der Waals surface area contributed by atoms with Crippen LogP contribution in [-0.4, -0.2) is 68.5 Å². The minimum Gasteiger partial charge on any atom is -0.756 e. The van der Waals surface area contributed by atoms with Crippen LogP contribution in [0, 0.1) is 0 Å². The molecule has 0 aliphatic heterocycles. The smallest absolute Gasteiger partial charge is 0.268 e. The number of hydrogen-bond donors (Lipinski definition) is 2. The second-order valence-corrected chi connectivity index (χ2v) is 17.5. The SMILES string of the molecule is CCCCCC/C=C\C/C=C\CCCCCCCCCC(=O)NC(COP(=O)([O-])OCC[N+](C)(C)C)C(O)CCCCCCCCCCCCCC. The van der Waals surface area contributed by atoms with Gasteiger partial charge in [-0.1, -0.05) is 167 Å². The molecule has 9 heteroatoms. The van der Waals surface area contributed by atoms with E-state index in [1.54, 1.807) is 0 Å². The van der Waals surface area contributed by atoms with Crippen LogP contribution >= 0.6 is 7.82 Å². The zero-order chi connectivity index (χ0) is 38.6. The Kier molecular flexibility index (Phi) is 35.0. The zero-order valence-corrected chi connectivity index (χ0v) is 35.7. The van der Waals surface area contributed by atoms with Crippen LogP contribution in [0.2, 0.25) is 0 Å². The summed E-state index contributed by atoms with van der Waals surface area (Å²) in [6, 6.07) is -0.801. The highest BCUT2D eigenvalue weighted by molar-refractivity contribution is 7.45. The van der Waals surface area contributed by atoms with Gasteiger partial charge in [-0.15, -0.1) is 0 Å². The highest BCUT2D eigenvalue weighted by Crippen LogP contribution is 2.38. The van der Waals surface area contributed by atoms with Gasteiger partial charge in [-0.25, -0.2) is 0 Å². The number of nitrogens with zero attached hydrogens (tertiary/aromatic N) is 1. The van der Waals surface area contributed by atoms with E-state index in [1.165, 1.54) is 116 Å². The highest BCUT2D eigenvalue weighted by Gasteiger charge is 2.24. The number of likely N-dealkylation sites (N-methyl/N-ethyl adjacent to an activating group) is 1. The standard InChI is InChI=1S/C43H85N2O6P/c1-6-8-10-12-14-16-18-20-21-22-23-24-25-27-29-31-33-35-37-43(47)44-41(40-51-52(48,49)50-39-38-45(3,4)5)42(46)36-34-32-30-28-26-19-17-15-13-11-9-7-2/h16,18,21-22,41-42,46H,6-15,17,19-20,23-40H2,1-5H3,(H-,44,47,48,49)/b18-16-,22-21-. The third-order valence-electron chi connectivity index (χ3n) is 9.69. The molecule has 308 valence electrons. The molecule has 0 spiro atoms. The van der Waals surface area contributed by atoms with Crippen LogP contribution in [0.25, 0.3) is 0 Å². The number of hydrogen-bond acceptors (Lipinski definition) is 6. The van der Waals surface area contributed by atoms with Crippen molar-refractivity contribution in [3.05, 3.63) is 24.3 Å². The lowest BCUT2D eigenvalue weighted by Crippen LogP contribution is -2.46. The Morgan fingerprint density at radius 2 is 1.12 bits per heavy atom. The van der Waals surface area contributed by atoms with Crippen molar-refractivity contribution in [1.29, 1.82) is 0 Å². The molecule has 0 saturated heterocycles. The number of rotatable bonds is 39. The molecule has 0 aliphatic carbocycles. The number of aliphatic hydroxyl groups excluding tert-OH is 1. The van der Waals surface area contributed by atoms with Gasteiger partial charge in [0.2, 0.25) is 5.91 Å². The Bertz CT molecular complexity index is 907. The van der Waals surface area contributed by atoms with Crippen LogP contribution in [0.3, 0.4) is 0 Å². The number of amides is 1. The van der Waals surface area contributed by atoms with Gasteiger partial charge in [0.25, 0.3) is 7.82 Å². The van der Waals surface area contributed by atoms with Gasteiger partial charge in [0, 0.05) is 6.42 Å². The summed E-state index contributed by atoms with van der Waals surface area (Å²) < 4.78 is 23.2. The van der Waals surface area contributed by atoms with Gasteiger partial charge in [0.1, 0.15) is 13.2 Å². The van der Waals surface area contributed by atoms with E-state index in [2.05, 4.69) is 43.5 Å². The van der Waals surface area contributed by atoms with E-state index in [-0.39, 0.29) is 19.1 Å². The van der Waals surface area contributed by atoms with Crippen LogP contribution in [0.4, 0.5) is 0 Å². The van der Waals surface area contributed by atoms with Gasteiger partial charge < -0.3 is 28.8 Å². The molecule has 0 fully saturated rings. The number of phosphoric ester groups is 1. The molecular formula is C43H85N2O6P. The molecule has 0 heterocycles.